The van der Waals surface area contributed by atoms with E-state index in [9.17, 15) is 0 Å². The standard InChI is InChI=1S/C59H49N/c1-7-39-17-15-21-44(33-39)57(41-19-11-9-12-20-41)45-27-31-51-49-29-25-42(35-53(49)58(3,4)55(51)37-45)43-26-30-50-52-32-28-48(38-56(52)59(5,6)54(50)36-43)60(46-22-13-10-14-23-46)47-24-16-18-40(8-2)34-47/h7-38,57H,1-2H2,3-6H3. The number of benzene rings is 8. The Labute approximate surface area is 355 Å². The number of nitrogens with zero attached hydrogens (tertiary/aromatic N) is 1. The van der Waals surface area contributed by atoms with Gasteiger partial charge in [0.05, 0.1) is 0 Å². The van der Waals surface area contributed by atoms with E-state index in [1.807, 2.05) is 12.2 Å². The summed E-state index contributed by atoms with van der Waals surface area (Å²) in [5.74, 6) is 0.117. The van der Waals surface area contributed by atoms with Crippen molar-refractivity contribution in [1.82, 2.24) is 0 Å². The summed E-state index contributed by atoms with van der Waals surface area (Å²) in [6, 6.07) is 67.4. The fourth-order valence-electron chi connectivity index (χ4n) is 10.1. The van der Waals surface area contributed by atoms with Crippen molar-refractivity contribution in [1.29, 1.82) is 0 Å². The third-order valence-corrected chi connectivity index (χ3v) is 13.3. The van der Waals surface area contributed by atoms with E-state index in [1.165, 1.54) is 72.3 Å². The van der Waals surface area contributed by atoms with E-state index in [0.717, 1.165) is 28.2 Å². The van der Waals surface area contributed by atoms with Crippen molar-refractivity contribution in [2.24, 2.45) is 0 Å². The molecule has 0 spiro atoms. The van der Waals surface area contributed by atoms with E-state index >= 15 is 0 Å². The van der Waals surface area contributed by atoms with Crippen LogP contribution < -0.4 is 4.90 Å². The van der Waals surface area contributed by atoms with Gasteiger partial charge in [0.15, 0.2) is 0 Å². The van der Waals surface area contributed by atoms with Gasteiger partial charge in [0, 0.05) is 33.8 Å². The van der Waals surface area contributed by atoms with Gasteiger partial charge in [0.25, 0.3) is 0 Å². The third-order valence-electron chi connectivity index (χ3n) is 13.3. The Hall–Kier alpha value is -6.96. The summed E-state index contributed by atoms with van der Waals surface area (Å²) < 4.78 is 0. The van der Waals surface area contributed by atoms with Gasteiger partial charge in [-0.3, -0.25) is 0 Å². The zero-order valence-electron chi connectivity index (χ0n) is 34.9. The van der Waals surface area contributed by atoms with Gasteiger partial charge >= 0.3 is 0 Å². The quantitative estimate of drug-likeness (QED) is 0.132. The first-order valence-corrected chi connectivity index (χ1v) is 21.1. The van der Waals surface area contributed by atoms with Gasteiger partial charge < -0.3 is 4.90 Å². The molecule has 0 aliphatic heterocycles. The second-order valence-electron chi connectivity index (χ2n) is 17.5. The first-order valence-electron chi connectivity index (χ1n) is 21.1. The maximum absolute atomic E-state index is 4.06. The van der Waals surface area contributed by atoms with Crippen LogP contribution in [0.3, 0.4) is 0 Å². The molecule has 8 aromatic rings. The highest BCUT2D eigenvalue weighted by Gasteiger charge is 2.38. The molecular formula is C59H49N. The van der Waals surface area contributed by atoms with Gasteiger partial charge in [0.2, 0.25) is 0 Å². The molecule has 1 atom stereocenters. The van der Waals surface area contributed by atoms with Crippen molar-refractivity contribution in [2.45, 2.75) is 44.4 Å². The van der Waals surface area contributed by atoms with E-state index in [4.69, 9.17) is 0 Å². The van der Waals surface area contributed by atoms with Crippen LogP contribution in [-0.4, -0.2) is 0 Å². The molecule has 1 nitrogen and oxygen atoms in total. The first-order chi connectivity index (χ1) is 29.1. The van der Waals surface area contributed by atoms with Crippen LogP contribution in [0.25, 0.3) is 45.5 Å². The smallest absolute Gasteiger partial charge is 0.0467 e. The van der Waals surface area contributed by atoms with Crippen LogP contribution in [0.5, 0.6) is 0 Å². The molecule has 0 amide bonds. The van der Waals surface area contributed by atoms with Gasteiger partial charge in [0.1, 0.15) is 0 Å². The van der Waals surface area contributed by atoms with Crippen LogP contribution in [0.4, 0.5) is 17.1 Å². The van der Waals surface area contributed by atoms with E-state index < -0.39 is 0 Å². The summed E-state index contributed by atoms with van der Waals surface area (Å²) in [4.78, 5) is 2.35. The number of para-hydroxylation sites is 1. The molecule has 290 valence electrons. The van der Waals surface area contributed by atoms with Gasteiger partial charge in [-0.25, -0.2) is 0 Å². The van der Waals surface area contributed by atoms with Crippen molar-refractivity contribution in [3.8, 4) is 33.4 Å². The summed E-state index contributed by atoms with van der Waals surface area (Å²) in [7, 11) is 0. The highest BCUT2D eigenvalue weighted by Crippen LogP contribution is 2.54. The summed E-state index contributed by atoms with van der Waals surface area (Å²) in [5.41, 5.74) is 22.4. The molecule has 0 fully saturated rings. The van der Waals surface area contributed by atoms with E-state index in [1.54, 1.807) is 0 Å². The Morgan fingerprint density at radius 2 is 0.833 bits per heavy atom. The molecule has 2 aliphatic rings. The SMILES string of the molecule is C=Cc1cccc(C(c2ccccc2)c2ccc3c(c2)C(C)(C)c2cc(-c4ccc5c(c4)C(C)(C)c4cc(N(c6ccccc6)c6cccc(C=C)c6)ccc4-5)ccc2-3)c1. The molecule has 0 N–H and O–H groups in total. The van der Waals surface area contributed by atoms with Gasteiger partial charge in [-0.2, -0.15) is 0 Å². The van der Waals surface area contributed by atoms with E-state index in [0.29, 0.717) is 0 Å². The molecule has 0 saturated heterocycles. The van der Waals surface area contributed by atoms with E-state index in [-0.39, 0.29) is 16.7 Å². The molecule has 10 rings (SSSR count). The topological polar surface area (TPSA) is 3.24 Å². The lowest BCUT2D eigenvalue weighted by atomic mass is 9.78. The molecule has 0 heterocycles. The van der Waals surface area contributed by atoms with Crippen LogP contribution in [-0.2, 0) is 10.8 Å². The molecule has 0 saturated carbocycles. The molecular weight excluding hydrogens is 723 g/mol. The Morgan fingerprint density at radius 3 is 1.45 bits per heavy atom. The Kier molecular flexibility index (Phi) is 8.95. The molecule has 1 heteroatoms. The lowest BCUT2D eigenvalue weighted by Gasteiger charge is -2.28. The van der Waals surface area contributed by atoms with Crippen molar-refractivity contribution in [3.05, 3.63) is 245 Å². The molecule has 0 radical (unpaired) electrons. The van der Waals surface area contributed by atoms with E-state index in [2.05, 4.69) is 228 Å². The molecule has 1 unspecified atom stereocenters. The van der Waals surface area contributed by atoms with Crippen molar-refractivity contribution in [3.63, 3.8) is 0 Å². The average molecular weight is 772 g/mol. The lowest BCUT2D eigenvalue weighted by molar-refractivity contribution is 0.658. The van der Waals surface area contributed by atoms with Gasteiger partial charge in [-0.1, -0.05) is 186 Å². The zero-order chi connectivity index (χ0) is 41.2. The maximum atomic E-state index is 4.06. The Bertz CT molecular complexity index is 2760. The molecule has 8 aromatic carbocycles. The highest BCUT2D eigenvalue weighted by atomic mass is 15.1. The van der Waals surface area contributed by atoms with Crippen LogP contribution in [0.2, 0.25) is 0 Å². The number of hydrogen-bond acceptors (Lipinski definition) is 1. The molecule has 60 heavy (non-hydrogen) atoms. The number of hydrogen-bond donors (Lipinski definition) is 0. The first kappa shape index (κ1) is 37.3. The second-order valence-corrected chi connectivity index (χ2v) is 17.5. The van der Waals surface area contributed by atoms with Crippen molar-refractivity contribution in [2.75, 3.05) is 4.90 Å². The third kappa shape index (κ3) is 6.08. The number of fused-ring (bicyclic) bond motifs is 6. The summed E-state index contributed by atoms with van der Waals surface area (Å²) in [6.07, 6.45) is 3.85. The van der Waals surface area contributed by atoms with Crippen LogP contribution in [0.1, 0.15) is 83.7 Å². The van der Waals surface area contributed by atoms with Crippen LogP contribution in [0.15, 0.2) is 195 Å². The second kappa shape index (κ2) is 14.4. The zero-order valence-corrected chi connectivity index (χ0v) is 34.9. The van der Waals surface area contributed by atoms with Gasteiger partial charge in [-0.05, 0) is 132 Å². The average Bonchev–Trinajstić information content (AvgIpc) is 3.65. The van der Waals surface area contributed by atoms with Crippen molar-refractivity contribution < 1.29 is 0 Å². The minimum absolute atomic E-state index is 0.117. The predicted molar refractivity (Wildman–Crippen MR) is 256 cm³/mol. The largest absolute Gasteiger partial charge is 0.310 e. The van der Waals surface area contributed by atoms with Crippen LogP contribution >= 0.6 is 0 Å². The Morgan fingerprint density at radius 1 is 0.383 bits per heavy atom. The lowest BCUT2D eigenvalue weighted by Crippen LogP contribution is -2.17. The molecule has 0 aromatic heterocycles. The fraction of sp³-hybridized carbons (Fsp3) is 0.119. The molecule has 0 bridgehead atoms. The Balaban J connectivity index is 1.00. The van der Waals surface area contributed by atoms with Gasteiger partial charge in [-0.15, -0.1) is 0 Å². The minimum Gasteiger partial charge on any atom is -0.310 e. The summed E-state index contributed by atoms with van der Waals surface area (Å²) >= 11 is 0. The van der Waals surface area contributed by atoms with Crippen LogP contribution in [0, 0.1) is 0 Å². The minimum atomic E-state index is -0.189. The fourth-order valence-corrected chi connectivity index (χ4v) is 10.1. The number of rotatable bonds is 9. The summed E-state index contributed by atoms with van der Waals surface area (Å²) in [5, 5.41) is 0. The highest BCUT2D eigenvalue weighted by molar-refractivity contribution is 5.89. The maximum Gasteiger partial charge on any atom is 0.0467 e. The molecule has 2 aliphatic carbocycles. The van der Waals surface area contributed by atoms with Crippen molar-refractivity contribution >= 4 is 29.2 Å². The summed E-state index contributed by atoms with van der Waals surface area (Å²) in [6.45, 7) is 17.7. The predicted octanol–water partition coefficient (Wildman–Crippen LogP) is 15.9. The monoisotopic (exact) mass is 771 g/mol. The normalized spacial score (nSPS) is 14.3. The number of anilines is 3.